The van der Waals surface area contributed by atoms with Gasteiger partial charge in [0.2, 0.25) is 11.8 Å². The van der Waals surface area contributed by atoms with Crippen LogP contribution in [0.4, 0.5) is 4.39 Å². The van der Waals surface area contributed by atoms with Gasteiger partial charge in [0.15, 0.2) is 0 Å². The molecule has 1 atom stereocenters. The Bertz CT molecular complexity index is 486. The number of hydrogen-bond donors (Lipinski definition) is 3. The van der Waals surface area contributed by atoms with Gasteiger partial charge in [0.05, 0.1) is 19.1 Å². The van der Waals surface area contributed by atoms with Crippen molar-refractivity contribution in [2.24, 2.45) is 5.73 Å². The summed E-state index contributed by atoms with van der Waals surface area (Å²) < 4.78 is 12.9. The zero-order valence-corrected chi connectivity index (χ0v) is 14.7. The standard InChI is InChI=1S/C14H21FN4O2.2ClH/c1-19(2)12(10-3-5-11(15)6-4-10)8-17-14(21)9-18-13(20)7-16;;/h3-6,12H,7-9,16H2,1-2H3,(H,17,21)(H,18,20);2*1H. The Morgan fingerprint density at radius 1 is 1.13 bits per heavy atom. The van der Waals surface area contributed by atoms with E-state index >= 15 is 0 Å². The highest BCUT2D eigenvalue weighted by molar-refractivity contribution is 5.86. The molecule has 132 valence electrons. The van der Waals surface area contributed by atoms with Crippen molar-refractivity contribution in [1.29, 1.82) is 0 Å². The number of nitrogens with zero attached hydrogens (tertiary/aromatic N) is 1. The van der Waals surface area contributed by atoms with E-state index in [4.69, 9.17) is 5.73 Å². The second-order valence-electron chi connectivity index (χ2n) is 4.82. The number of carbonyl (C=O) groups is 2. The Hall–Kier alpha value is -1.41. The van der Waals surface area contributed by atoms with Crippen molar-refractivity contribution in [3.63, 3.8) is 0 Å². The van der Waals surface area contributed by atoms with Gasteiger partial charge in [-0.15, -0.1) is 24.8 Å². The van der Waals surface area contributed by atoms with E-state index in [1.54, 1.807) is 12.1 Å². The zero-order valence-electron chi connectivity index (χ0n) is 13.0. The monoisotopic (exact) mass is 368 g/mol. The van der Waals surface area contributed by atoms with Crippen molar-refractivity contribution < 1.29 is 14.0 Å². The molecule has 6 nitrogen and oxygen atoms in total. The van der Waals surface area contributed by atoms with Gasteiger partial charge < -0.3 is 21.3 Å². The number of nitrogens with one attached hydrogen (secondary N) is 2. The van der Waals surface area contributed by atoms with Crippen molar-refractivity contribution in [2.45, 2.75) is 6.04 Å². The summed E-state index contributed by atoms with van der Waals surface area (Å²) in [5, 5.41) is 5.12. The highest BCUT2D eigenvalue weighted by atomic mass is 35.5. The van der Waals surface area contributed by atoms with Crippen LogP contribution >= 0.6 is 24.8 Å². The molecule has 0 fully saturated rings. The number of amides is 2. The highest BCUT2D eigenvalue weighted by Gasteiger charge is 2.15. The minimum absolute atomic E-state index is 0. The average molecular weight is 369 g/mol. The second-order valence-corrected chi connectivity index (χ2v) is 4.82. The van der Waals surface area contributed by atoms with Gasteiger partial charge in [-0.3, -0.25) is 9.59 Å². The molecular formula is C14H23Cl2FN4O2. The SMILES string of the molecule is CN(C)C(CNC(=O)CNC(=O)CN)c1ccc(F)cc1.Cl.Cl. The van der Waals surface area contributed by atoms with Crippen molar-refractivity contribution in [3.8, 4) is 0 Å². The molecule has 0 saturated heterocycles. The van der Waals surface area contributed by atoms with E-state index in [2.05, 4.69) is 10.6 Å². The molecular weight excluding hydrogens is 346 g/mol. The maximum atomic E-state index is 12.9. The van der Waals surface area contributed by atoms with E-state index in [1.807, 2.05) is 19.0 Å². The van der Waals surface area contributed by atoms with Crippen molar-refractivity contribution in [1.82, 2.24) is 15.5 Å². The van der Waals surface area contributed by atoms with E-state index in [0.717, 1.165) is 5.56 Å². The predicted molar refractivity (Wildman–Crippen MR) is 92.4 cm³/mol. The number of halogens is 3. The van der Waals surface area contributed by atoms with Crippen LogP contribution in [0.15, 0.2) is 24.3 Å². The molecule has 0 aliphatic rings. The van der Waals surface area contributed by atoms with Crippen LogP contribution in [-0.4, -0.2) is 50.4 Å². The third kappa shape index (κ3) is 8.71. The summed E-state index contributed by atoms with van der Waals surface area (Å²) >= 11 is 0. The summed E-state index contributed by atoms with van der Waals surface area (Å²) in [7, 11) is 3.74. The lowest BCUT2D eigenvalue weighted by atomic mass is 10.1. The third-order valence-electron chi connectivity index (χ3n) is 3.00. The average Bonchev–Trinajstić information content (AvgIpc) is 2.46. The van der Waals surface area contributed by atoms with E-state index < -0.39 is 0 Å². The van der Waals surface area contributed by atoms with Crippen LogP contribution in [0.5, 0.6) is 0 Å². The third-order valence-corrected chi connectivity index (χ3v) is 3.00. The Balaban J connectivity index is 0. The van der Waals surface area contributed by atoms with Crippen LogP contribution in [0.1, 0.15) is 11.6 Å². The first-order chi connectivity index (χ1) is 9.93. The summed E-state index contributed by atoms with van der Waals surface area (Å²) in [6.07, 6.45) is 0. The van der Waals surface area contributed by atoms with E-state index in [-0.39, 0.29) is 61.6 Å². The van der Waals surface area contributed by atoms with E-state index in [9.17, 15) is 14.0 Å². The fourth-order valence-corrected chi connectivity index (χ4v) is 1.81. The number of rotatable bonds is 7. The van der Waals surface area contributed by atoms with Crippen molar-refractivity contribution >= 4 is 36.6 Å². The van der Waals surface area contributed by atoms with Gasteiger partial charge in [-0.25, -0.2) is 4.39 Å². The molecule has 4 N–H and O–H groups in total. The zero-order chi connectivity index (χ0) is 15.8. The predicted octanol–water partition coefficient (Wildman–Crippen LogP) is 0.463. The number of hydrogen-bond acceptors (Lipinski definition) is 4. The smallest absolute Gasteiger partial charge is 0.239 e. The van der Waals surface area contributed by atoms with Crippen LogP contribution in [0.2, 0.25) is 0 Å². The molecule has 0 heterocycles. The van der Waals surface area contributed by atoms with Gasteiger partial charge in [-0.2, -0.15) is 0 Å². The lowest BCUT2D eigenvalue weighted by Crippen LogP contribution is -2.42. The van der Waals surface area contributed by atoms with Crippen molar-refractivity contribution in [3.05, 3.63) is 35.6 Å². The Labute approximate surface area is 147 Å². The molecule has 9 heteroatoms. The summed E-state index contributed by atoms with van der Waals surface area (Å²) in [5.41, 5.74) is 6.02. The van der Waals surface area contributed by atoms with Gasteiger partial charge in [0.25, 0.3) is 0 Å². The molecule has 1 unspecified atom stereocenters. The molecule has 1 rings (SSSR count). The van der Waals surface area contributed by atoms with E-state index in [1.165, 1.54) is 12.1 Å². The van der Waals surface area contributed by atoms with Crippen molar-refractivity contribution in [2.75, 3.05) is 33.7 Å². The molecule has 0 spiro atoms. The number of likely N-dealkylation sites (N-methyl/N-ethyl adjacent to an activating group) is 1. The Kier molecular flexibility index (Phi) is 12.5. The highest BCUT2D eigenvalue weighted by Crippen LogP contribution is 2.17. The molecule has 1 aromatic rings. The molecule has 23 heavy (non-hydrogen) atoms. The lowest BCUT2D eigenvalue weighted by Gasteiger charge is -2.25. The molecule has 0 radical (unpaired) electrons. The van der Waals surface area contributed by atoms with Gasteiger partial charge >= 0.3 is 0 Å². The number of benzene rings is 1. The normalized spacial score (nSPS) is 11.0. The summed E-state index contributed by atoms with van der Waals surface area (Å²) in [6.45, 7) is 0.0960. The van der Waals surface area contributed by atoms with Gasteiger partial charge in [0.1, 0.15) is 5.82 Å². The Morgan fingerprint density at radius 2 is 1.70 bits per heavy atom. The largest absolute Gasteiger partial charge is 0.353 e. The van der Waals surface area contributed by atoms with Gasteiger partial charge in [0, 0.05) is 6.54 Å². The van der Waals surface area contributed by atoms with E-state index in [0.29, 0.717) is 6.54 Å². The first-order valence-corrected chi connectivity index (χ1v) is 6.59. The topological polar surface area (TPSA) is 87.5 Å². The number of nitrogens with two attached hydrogens (primary N) is 1. The van der Waals surface area contributed by atoms with Gasteiger partial charge in [-0.1, -0.05) is 12.1 Å². The van der Waals surface area contributed by atoms with Crippen LogP contribution in [0.3, 0.4) is 0 Å². The fourth-order valence-electron chi connectivity index (χ4n) is 1.81. The first kappa shape index (κ1) is 23.9. The first-order valence-electron chi connectivity index (χ1n) is 6.59. The molecule has 0 aliphatic heterocycles. The maximum absolute atomic E-state index is 12.9. The minimum Gasteiger partial charge on any atom is -0.353 e. The summed E-state index contributed by atoms with van der Waals surface area (Å²) in [4.78, 5) is 24.5. The lowest BCUT2D eigenvalue weighted by molar-refractivity contribution is -0.125. The minimum atomic E-state index is -0.382. The molecule has 0 aliphatic carbocycles. The fraction of sp³-hybridized carbons (Fsp3) is 0.429. The van der Waals surface area contributed by atoms with Crippen LogP contribution in [0.25, 0.3) is 0 Å². The molecule has 0 saturated carbocycles. The maximum Gasteiger partial charge on any atom is 0.239 e. The second kappa shape index (κ2) is 12.1. The van der Waals surface area contributed by atoms with Crippen LogP contribution in [-0.2, 0) is 9.59 Å². The van der Waals surface area contributed by atoms with Crippen LogP contribution in [0, 0.1) is 5.82 Å². The number of carbonyl (C=O) groups excluding carboxylic acids is 2. The molecule has 0 aromatic heterocycles. The molecule has 2 amide bonds. The molecule has 0 bridgehead atoms. The molecule has 1 aromatic carbocycles. The Morgan fingerprint density at radius 3 is 2.17 bits per heavy atom. The summed E-state index contributed by atoms with van der Waals surface area (Å²) in [5.74, 6) is -0.983. The van der Waals surface area contributed by atoms with Crippen LogP contribution < -0.4 is 16.4 Å². The quantitative estimate of drug-likeness (QED) is 0.652. The summed E-state index contributed by atoms with van der Waals surface area (Å²) in [6, 6.07) is 6.05. The van der Waals surface area contributed by atoms with Gasteiger partial charge in [-0.05, 0) is 31.8 Å².